The Labute approximate surface area is 92.4 Å². The molecule has 0 heterocycles. The summed E-state index contributed by atoms with van der Waals surface area (Å²) in [5, 5.41) is 2.78. The third kappa shape index (κ3) is 1.79. The van der Waals surface area contributed by atoms with E-state index in [4.69, 9.17) is 0 Å². The third-order valence-corrected chi connectivity index (χ3v) is 3.02. The van der Waals surface area contributed by atoms with E-state index < -0.39 is 0 Å². The predicted molar refractivity (Wildman–Crippen MR) is 70.4 cm³/mol. The van der Waals surface area contributed by atoms with E-state index in [0.29, 0.717) is 6.71 Å². The molecule has 0 nitrogen and oxygen atoms in total. The van der Waals surface area contributed by atoms with Crippen molar-refractivity contribution in [3.05, 3.63) is 42.0 Å². The van der Waals surface area contributed by atoms with Gasteiger partial charge in [0.05, 0.1) is 0 Å². The predicted octanol–water partition coefficient (Wildman–Crippen LogP) is 3.36. The van der Waals surface area contributed by atoms with Crippen LogP contribution in [0.5, 0.6) is 0 Å². The van der Waals surface area contributed by atoms with E-state index in [1.807, 2.05) is 0 Å². The molecule has 0 spiro atoms. The quantitative estimate of drug-likeness (QED) is 0.646. The maximum absolute atomic E-state index is 2.28. The van der Waals surface area contributed by atoms with Crippen LogP contribution >= 0.6 is 0 Å². The molecule has 0 N–H and O–H groups in total. The fourth-order valence-corrected chi connectivity index (χ4v) is 2.33. The normalized spacial score (nSPS) is 10.6. The number of hydrogen-bond donors (Lipinski definition) is 0. The van der Waals surface area contributed by atoms with E-state index in [1.54, 1.807) is 0 Å². The molecule has 0 bridgehead atoms. The van der Waals surface area contributed by atoms with Crippen LogP contribution in [0.25, 0.3) is 10.8 Å². The van der Waals surface area contributed by atoms with Crippen molar-refractivity contribution < 1.29 is 0 Å². The van der Waals surface area contributed by atoms with Gasteiger partial charge in [-0.2, -0.15) is 0 Å². The van der Waals surface area contributed by atoms with E-state index in [2.05, 4.69) is 57.0 Å². The molecule has 0 aliphatic heterocycles. The standard InChI is InChI=1S/C14H17B/c1-4-11-9-10-12-7-5-6-8-13(12)14(11)15(2)3/h5-10H,4H2,1-3H3. The van der Waals surface area contributed by atoms with Gasteiger partial charge in [0, 0.05) is 0 Å². The van der Waals surface area contributed by atoms with Gasteiger partial charge in [0.1, 0.15) is 0 Å². The van der Waals surface area contributed by atoms with Crippen LogP contribution in [-0.4, -0.2) is 6.71 Å². The topological polar surface area (TPSA) is 0 Å². The SMILES string of the molecule is CCc1ccc2ccccc2c1B(C)C. The summed E-state index contributed by atoms with van der Waals surface area (Å²) in [4.78, 5) is 0. The Bertz CT molecular complexity index is 472. The van der Waals surface area contributed by atoms with Crippen molar-refractivity contribution in [3.8, 4) is 0 Å². The van der Waals surface area contributed by atoms with Gasteiger partial charge >= 0.3 is 0 Å². The van der Waals surface area contributed by atoms with Gasteiger partial charge < -0.3 is 0 Å². The maximum atomic E-state index is 2.28. The van der Waals surface area contributed by atoms with Gasteiger partial charge in [0.15, 0.2) is 6.71 Å². The summed E-state index contributed by atoms with van der Waals surface area (Å²) >= 11 is 0. The summed E-state index contributed by atoms with van der Waals surface area (Å²) in [5.41, 5.74) is 3.01. The number of hydrogen-bond acceptors (Lipinski definition) is 0. The number of fused-ring (bicyclic) bond motifs is 1. The summed E-state index contributed by atoms with van der Waals surface area (Å²) in [5.74, 6) is 0. The lowest BCUT2D eigenvalue weighted by molar-refractivity contribution is 1.16. The molecule has 0 aliphatic carbocycles. The second kappa shape index (κ2) is 4.10. The highest BCUT2D eigenvalue weighted by Crippen LogP contribution is 2.15. The third-order valence-electron chi connectivity index (χ3n) is 3.02. The molecular formula is C14H17B. The molecule has 0 fully saturated rings. The Morgan fingerprint density at radius 1 is 1.00 bits per heavy atom. The van der Waals surface area contributed by atoms with Gasteiger partial charge in [-0.25, -0.2) is 0 Å². The highest BCUT2D eigenvalue weighted by molar-refractivity contribution is 6.73. The van der Waals surface area contributed by atoms with Gasteiger partial charge in [-0.15, -0.1) is 0 Å². The highest BCUT2D eigenvalue weighted by Gasteiger charge is 2.11. The van der Waals surface area contributed by atoms with E-state index in [0.717, 1.165) is 6.42 Å². The molecule has 0 unspecified atom stereocenters. The molecule has 0 saturated carbocycles. The molecule has 15 heavy (non-hydrogen) atoms. The first-order chi connectivity index (χ1) is 7.24. The Kier molecular flexibility index (Phi) is 2.81. The van der Waals surface area contributed by atoms with Crippen molar-refractivity contribution >= 4 is 22.9 Å². The largest absolute Gasteiger partial charge is 0.170 e. The summed E-state index contributed by atoms with van der Waals surface area (Å²) in [7, 11) is 0. The minimum atomic E-state index is 0.603. The van der Waals surface area contributed by atoms with Crippen molar-refractivity contribution in [2.24, 2.45) is 0 Å². The second-order valence-electron chi connectivity index (χ2n) is 4.37. The van der Waals surface area contributed by atoms with Gasteiger partial charge in [-0.1, -0.05) is 68.0 Å². The van der Waals surface area contributed by atoms with Crippen LogP contribution in [0.3, 0.4) is 0 Å². The van der Waals surface area contributed by atoms with Crippen LogP contribution in [0.2, 0.25) is 13.6 Å². The molecule has 0 atom stereocenters. The first-order valence-electron chi connectivity index (χ1n) is 5.74. The lowest BCUT2D eigenvalue weighted by Crippen LogP contribution is -2.27. The number of aryl methyl sites for hydroxylation is 1. The van der Waals surface area contributed by atoms with Crippen LogP contribution in [0, 0.1) is 0 Å². The Hall–Kier alpha value is -1.24. The zero-order chi connectivity index (χ0) is 10.8. The van der Waals surface area contributed by atoms with E-state index in [-0.39, 0.29) is 0 Å². The minimum Gasteiger partial charge on any atom is -0.0819 e. The lowest BCUT2D eigenvalue weighted by Gasteiger charge is -2.13. The second-order valence-corrected chi connectivity index (χ2v) is 4.37. The number of rotatable bonds is 2. The molecule has 0 aromatic heterocycles. The van der Waals surface area contributed by atoms with E-state index in [1.165, 1.54) is 21.8 Å². The smallest absolute Gasteiger partial charge is 0.0819 e. The molecule has 0 radical (unpaired) electrons. The van der Waals surface area contributed by atoms with Crippen molar-refractivity contribution in [2.45, 2.75) is 27.0 Å². The summed E-state index contributed by atoms with van der Waals surface area (Å²) in [6, 6.07) is 13.2. The van der Waals surface area contributed by atoms with Gasteiger partial charge in [-0.3, -0.25) is 0 Å². The summed E-state index contributed by atoms with van der Waals surface area (Å²) < 4.78 is 0. The maximum Gasteiger partial charge on any atom is 0.170 e. The first-order valence-corrected chi connectivity index (χ1v) is 5.74. The highest BCUT2D eigenvalue weighted by atomic mass is 14.0. The van der Waals surface area contributed by atoms with Crippen LogP contribution < -0.4 is 5.46 Å². The summed E-state index contributed by atoms with van der Waals surface area (Å²) in [6.45, 7) is 7.39. The van der Waals surface area contributed by atoms with Crippen LogP contribution in [0.4, 0.5) is 0 Å². The molecule has 0 saturated heterocycles. The molecular weight excluding hydrogens is 179 g/mol. The minimum absolute atomic E-state index is 0.603. The average molecular weight is 196 g/mol. The molecule has 2 aromatic rings. The van der Waals surface area contributed by atoms with Crippen LogP contribution in [0.15, 0.2) is 36.4 Å². The molecule has 2 aromatic carbocycles. The molecule has 0 aliphatic rings. The number of benzene rings is 2. The van der Waals surface area contributed by atoms with Crippen LogP contribution in [0.1, 0.15) is 12.5 Å². The van der Waals surface area contributed by atoms with Crippen molar-refractivity contribution in [2.75, 3.05) is 0 Å². The van der Waals surface area contributed by atoms with Gasteiger partial charge in [0.2, 0.25) is 0 Å². The zero-order valence-corrected chi connectivity index (χ0v) is 9.75. The fraction of sp³-hybridized carbons (Fsp3) is 0.286. The molecule has 2 rings (SSSR count). The molecule has 76 valence electrons. The lowest BCUT2D eigenvalue weighted by atomic mass is 9.47. The summed E-state index contributed by atoms with van der Waals surface area (Å²) in [6.07, 6.45) is 1.12. The Balaban J connectivity index is 2.79. The van der Waals surface area contributed by atoms with Crippen molar-refractivity contribution in [3.63, 3.8) is 0 Å². The van der Waals surface area contributed by atoms with Crippen molar-refractivity contribution in [1.82, 2.24) is 0 Å². The van der Waals surface area contributed by atoms with Gasteiger partial charge in [-0.05, 0) is 17.2 Å². The molecule has 1 heteroatoms. The fourth-order valence-electron chi connectivity index (χ4n) is 2.33. The van der Waals surface area contributed by atoms with Crippen LogP contribution in [-0.2, 0) is 6.42 Å². The van der Waals surface area contributed by atoms with E-state index in [9.17, 15) is 0 Å². The van der Waals surface area contributed by atoms with E-state index >= 15 is 0 Å². The zero-order valence-electron chi connectivity index (χ0n) is 9.75. The Morgan fingerprint density at radius 2 is 1.73 bits per heavy atom. The molecule has 0 amide bonds. The average Bonchev–Trinajstić information content (AvgIpc) is 2.27. The monoisotopic (exact) mass is 196 g/mol. The first kappa shape index (κ1) is 10.3. The Morgan fingerprint density at radius 3 is 2.40 bits per heavy atom. The van der Waals surface area contributed by atoms with Gasteiger partial charge in [0.25, 0.3) is 0 Å². The van der Waals surface area contributed by atoms with Crippen molar-refractivity contribution in [1.29, 1.82) is 0 Å².